The van der Waals surface area contributed by atoms with Crippen LogP contribution in [0.1, 0.15) is 16.7 Å². The summed E-state index contributed by atoms with van der Waals surface area (Å²) < 4.78 is 5.38. The van der Waals surface area contributed by atoms with Crippen molar-refractivity contribution < 1.29 is 4.74 Å². The monoisotopic (exact) mass is 368 g/mol. The van der Waals surface area contributed by atoms with Crippen LogP contribution < -0.4 is 5.73 Å². The molecule has 0 bridgehead atoms. The van der Waals surface area contributed by atoms with Crippen LogP contribution in [0.2, 0.25) is 0 Å². The number of amidine groups is 1. The number of nitrogens with zero attached hydrogens (tertiary/aromatic N) is 3. The highest BCUT2D eigenvalue weighted by atomic mass is 32.2. The molecule has 1 aliphatic rings. The molecule has 0 aromatic heterocycles. The number of ether oxygens (including phenoxy) is 1. The van der Waals surface area contributed by atoms with Gasteiger partial charge >= 0.3 is 0 Å². The molecule has 6 heteroatoms. The Morgan fingerprint density at radius 2 is 1.77 bits per heavy atom. The van der Waals surface area contributed by atoms with Gasteiger partial charge in [-0.25, -0.2) is 0 Å². The Balaban J connectivity index is 1.46. The van der Waals surface area contributed by atoms with Crippen molar-refractivity contribution >= 4 is 23.1 Å². The van der Waals surface area contributed by atoms with Crippen molar-refractivity contribution in [3.8, 4) is 0 Å². The lowest BCUT2D eigenvalue weighted by molar-refractivity contribution is 0.0342. The van der Waals surface area contributed by atoms with Crippen LogP contribution in [0.25, 0.3) is 0 Å². The van der Waals surface area contributed by atoms with Crippen LogP contribution in [0, 0.1) is 0 Å². The molecule has 1 heterocycles. The van der Waals surface area contributed by atoms with Gasteiger partial charge in [-0.05, 0) is 16.7 Å². The summed E-state index contributed by atoms with van der Waals surface area (Å²) in [5.74, 6) is 0.794. The second-order valence-electron chi connectivity index (χ2n) is 6.09. The highest BCUT2D eigenvalue weighted by Crippen LogP contribution is 2.12. The summed E-state index contributed by atoms with van der Waals surface area (Å²) in [5.41, 5.74) is 9.43. The number of benzene rings is 2. The average molecular weight is 369 g/mol. The van der Waals surface area contributed by atoms with E-state index < -0.39 is 0 Å². The summed E-state index contributed by atoms with van der Waals surface area (Å²) in [5, 5.41) is 8.61. The first-order chi connectivity index (χ1) is 12.8. The van der Waals surface area contributed by atoms with Crippen LogP contribution in [0.4, 0.5) is 0 Å². The van der Waals surface area contributed by atoms with Crippen molar-refractivity contribution in [1.82, 2.24) is 4.90 Å². The molecule has 0 unspecified atom stereocenters. The molecule has 0 aliphatic carbocycles. The highest BCUT2D eigenvalue weighted by Gasteiger charge is 2.10. The quantitative estimate of drug-likeness (QED) is 0.483. The fourth-order valence-electron chi connectivity index (χ4n) is 2.64. The van der Waals surface area contributed by atoms with Crippen molar-refractivity contribution in [2.75, 3.05) is 26.3 Å². The Bertz CT molecular complexity index is 725. The number of nitrogens with two attached hydrogens (primary N) is 1. The third-order valence-electron chi connectivity index (χ3n) is 4.08. The fourth-order valence-corrected chi connectivity index (χ4v) is 3.25. The number of thioether (sulfide) groups is 1. The van der Waals surface area contributed by atoms with Crippen molar-refractivity contribution in [1.29, 1.82) is 0 Å². The molecule has 2 aromatic rings. The Labute approximate surface area is 158 Å². The van der Waals surface area contributed by atoms with Crippen LogP contribution in [-0.4, -0.2) is 42.6 Å². The number of morpholine rings is 1. The summed E-state index contributed by atoms with van der Waals surface area (Å²) in [6.07, 6.45) is 1.73. The van der Waals surface area contributed by atoms with Crippen molar-refractivity contribution in [2.24, 2.45) is 15.9 Å². The molecule has 2 aromatic carbocycles. The molecule has 1 saturated heterocycles. The van der Waals surface area contributed by atoms with Gasteiger partial charge in [0, 0.05) is 25.4 Å². The van der Waals surface area contributed by atoms with Gasteiger partial charge < -0.3 is 10.5 Å². The predicted octanol–water partition coefficient (Wildman–Crippen LogP) is 3.10. The minimum Gasteiger partial charge on any atom is -0.379 e. The SMILES string of the molecule is NC(=NN=Cc1ccc(CN2CCOCC2)cc1)SCc1ccccc1. The minimum absolute atomic E-state index is 0.467. The number of hydrogen-bond acceptors (Lipinski definition) is 5. The van der Waals surface area contributed by atoms with Crippen LogP contribution >= 0.6 is 11.8 Å². The Hall–Kier alpha value is -2.15. The van der Waals surface area contributed by atoms with Gasteiger partial charge in [0.2, 0.25) is 0 Å². The van der Waals surface area contributed by atoms with Crippen molar-refractivity contribution in [3.63, 3.8) is 0 Å². The molecule has 1 fully saturated rings. The third-order valence-corrected chi connectivity index (χ3v) is 4.94. The van der Waals surface area contributed by atoms with E-state index in [1.165, 1.54) is 22.9 Å². The van der Waals surface area contributed by atoms with E-state index in [9.17, 15) is 0 Å². The topological polar surface area (TPSA) is 63.2 Å². The highest BCUT2D eigenvalue weighted by molar-refractivity contribution is 8.13. The summed E-state index contributed by atoms with van der Waals surface area (Å²) in [6.45, 7) is 4.61. The molecule has 3 rings (SSSR count). The van der Waals surface area contributed by atoms with E-state index in [0.717, 1.165) is 44.2 Å². The van der Waals surface area contributed by atoms with E-state index >= 15 is 0 Å². The normalized spacial score (nSPS) is 16.2. The molecule has 0 amide bonds. The summed E-state index contributed by atoms with van der Waals surface area (Å²) in [6, 6.07) is 18.6. The Morgan fingerprint density at radius 3 is 2.50 bits per heavy atom. The summed E-state index contributed by atoms with van der Waals surface area (Å²) in [7, 11) is 0. The van der Waals surface area contributed by atoms with E-state index in [0.29, 0.717) is 5.17 Å². The molecule has 0 atom stereocenters. The van der Waals surface area contributed by atoms with Crippen LogP contribution in [0.3, 0.4) is 0 Å². The Morgan fingerprint density at radius 1 is 1.04 bits per heavy atom. The molecule has 0 saturated carbocycles. The first kappa shape index (κ1) is 18.6. The molecule has 136 valence electrons. The van der Waals surface area contributed by atoms with E-state index in [2.05, 4.69) is 51.5 Å². The lowest BCUT2D eigenvalue weighted by atomic mass is 10.1. The van der Waals surface area contributed by atoms with E-state index in [1.54, 1.807) is 6.21 Å². The second-order valence-corrected chi connectivity index (χ2v) is 7.08. The molecular weight excluding hydrogens is 344 g/mol. The predicted molar refractivity (Wildman–Crippen MR) is 109 cm³/mol. The smallest absolute Gasteiger partial charge is 0.180 e. The molecule has 0 radical (unpaired) electrons. The molecule has 26 heavy (non-hydrogen) atoms. The first-order valence-corrected chi connectivity index (χ1v) is 9.70. The van der Waals surface area contributed by atoms with Gasteiger partial charge in [0.25, 0.3) is 0 Å². The average Bonchev–Trinajstić information content (AvgIpc) is 2.69. The van der Waals surface area contributed by atoms with Crippen molar-refractivity contribution in [2.45, 2.75) is 12.3 Å². The van der Waals surface area contributed by atoms with E-state index in [4.69, 9.17) is 10.5 Å². The second kappa shape index (κ2) is 10.1. The zero-order valence-electron chi connectivity index (χ0n) is 14.8. The minimum atomic E-state index is 0.467. The van der Waals surface area contributed by atoms with Crippen LogP contribution in [0.15, 0.2) is 64.8 Å². The van der Waals surface area contributed by atoms with Gasteiger partial charge in [-0.15, -0.1) is 5.10 Å². The number of rotatable bonds is 6. The van der Waals surface area contributed by atoms with Crippen LogP contribution in [0.5, 0.6) is 0 Å². The molecule has 2 N–H and O–H groups in total. The van der Waals surface area contributed by atoms with E-state index in [-0.39, 0.29) is 0 Å². The van der Waals surface area contributed by atoms with Crippen LogP contribution in [-0.2, 0) is 17.0 Å². The molecule has 0 spiro atoms. The van der Waals surface area contributed by atoms with Crippen molar-refractivity contribution in [3.05, 3.63) is 71.3 Å². The maximum atomic E-state index is 5.90. The fraction of sp³-hybridized carbons (Fsp3) is 0.300. The molecule has 5 nitrogen and oxygen atoms in total. The zero-order valence-corrected chi connectivity index (χ0v) is 15.6. The van der Waals surface area contributed by atoms with Gasteiger partial charge in [0.1, 0.15) is 0 Å². The maximum Gasteiger partial charge on any atom is 0.180 e. The maximum absolute atomic E-state index is 5.90. The largest absolute Gasteiger partial charge is 0.379 e. The number of hydrogen-bond donors (Lipinski definition) is 1. The standard InChI is InChI=1S/C20H24N4OS/c21-20(26-16-19-4-2-1-3-5-19)23-22-14-17-6-8-18(9-7-17)15-24-10-12-25-13-11-24/h1-9,14H,10-13,15-16H2,(H2,21,23). The lowest BCUT2D eigenvalue weighted by Gasteiger charge is -2.26. The summed E-state index contributed by atoms with van der Waals surface area (Å²) >= 11 is 1.48. The summed E-state index contributed by atoms with van der Waals surface area (Å²) in [4.78, 5) is 2.40. The van der Waals surface area contributed by atoms with Gasteiger partial charge in [-0.2, -0.15) is 5.10 Å². The lowest BCUT2D eigenvalue weighted by Crippen LogP contribution is -2.35. The molecular formula is C20H24N4OS. The van der Waals surface area contributed by atoms with Gasteiger partial charge in [-0.3, -0.25) is 4.90 Å². The molecule has 1 aliphatic heterocycles. The Kier molecular flexibility index (Phi) is 7.25. The first-order valence-electron chi connectivity index (χ1n) is 8.72. The zero-order chi connectivity index (χ0) is 18.0. The van der Waals surface area contributed by atoms with Gasteiger partial charge in [-0.1, -0.05) is 66.4 Å². The van der Waals surface area contributed by atoms with E-state index in [1.807, 2.05) is 18.2 Å². The van der Waals surface area contributed by atoms with Gasteiger partial charge in [0.15, 0.2) is 5.17 Å². The van der Waals surface area contributed by atoms with Gasteiger partial charge in [0.05, 0.1) is 19.4 Å². The third kappa shape index (κ3) is 6.29.